The maximum Gasteiger partial charge on any atom is 0.322 e. The summed E-state index contributed by atoms with van der Waals surface area (Å²) in [6.45, 7) is 4.20. The van der Waals surface area contributed by atoms with Crippen molar-refractivity contribution < 1.29 is 4.74 Å². The fourth-order valence-electron chi connectivity index (χ4n) is 1.20. The van der Waals surface area contributed by atoms with Gasteiger partial charge >= 0.3 is 6.01 Å². The summed E-state index contributed by atoms with van der Waals surface area (Å²) in [6.07, 6.45) is 2.01. The van der Waals surface area contributed by atoms with Crippen LogP contribution in [0.4, 0.5) is 11.9 Å². The van der Waals surface area contributed by atoms with Crippen LogP contribution in [0.5, 0.6) is 6.01 Å². The molecule has 0 amide bonds. The van der Waals surface area contributed by atoms with Crippen LogP contribution in [0, 0.1) is 0 Å². The lowest BCUT2D eigenvalue weighted by Gasteiger charge is -2.14. The molecule has 84 valence electrons. The van der Waals surface area contributed by atoms with Crippen molar-refractivity contribution >= 4 is 11.9 Å². The third-order valence-corrected chi connectivity index (χ3v) is 2.13. The van der Waals surface area contributed by atoms with Crippen LogP contribution >= 0.6 is 0 Å². The molecule has 0 aliphatic rings. The molecule has 0 aromatic carbocycles. The molecule has 3 N–H and O–H groups in total. The summed E-state index contributed by atoms with van der Waals surface area (Å²) in [4.78, 5) is 11.8. The number of nitrogen functional groups attached to an aromatic ring is 1. The van der Waals surface area contributed by atoms with Crippen molar-refractivity contribution in [2.45, 2.75) is 32.7 Å². The largest absolute Gasteiger partial charge is 0.467 e. The summed E-state index contributed by atoms with van der Waals surface area (Å²) in [5.74, 6) is 0.628. The Morgan fingerprint density at radius 3 is 2.47 bits per heavy atom. The van der Waals surface area contributed by atoms with Crippen molar-refractivity contribution in [2.24, 2.45) is 0 Å². The fraction of sp³-hybridized carbons (Fsp3) is 0.667. The van der Waals surface area contributed by atoms with E-state index in [0.717, 1.165) is 12.8 Å². The van der Waals surface area contributed by atoms with Gasteiger partial charge in [-0.05, 0) is 12.8 Å². The van der Waals surface area contributed by atoms with Crippen molar-refractivity contribution in [3.05, 3.63) is 0 Å². The van der Waals surface area contributed by atoms with Gasteiger partial charge in [0.25, 0.3) is 0 Å². The van der Waals surface area contributed by atoms with Crippen LogP contribution in [0.1, 0.15) is 26.7 Å². The van der Waals surface area contributed by atoms with Crippen molar-refractivity contribution in [3.63, 3.8) is 0 Å². The minimum Gasteiger partial charge on any atom is -0.467 e. The molecule has 0 bridgehead atoms. The Morgan fingerprint density at radius 1 is 1.27 bits per heavy atom. The van der Waals surface area contributed by atoms with E-state index in [-0.39, 0.29) is 12.0 Å². The quantitative estimate of drug-likeness (QED) is 0.757. The van der Waals surface area contributed by atoms with Crippen LogP contribution in [0.3, 0.4) is 0 Å². The zero-order chi connectivity index (χ0) is 11.3. The molecule has 0 saturated heterocycles. The second kappa shape index (κ2) is 5.33. The molecular weight excluding hydrogens is 194 g/mol. The van der Waals surface area contributed by atoms with Crippen LogP contribution in [0.2, 0.25) is 0 Å². The molecule has 1 aromatic rings. The highest BCUT2D eigenvalue weighted by atomic mass is 16.5. The molecule has 1 rings (SSSR count). The molecule has 0 unspecified atom stereocenters. The lowest BCUT2D eigenvalue weighted by atomic mass is 10.2. The van der Waals surface area contributed by atoms with Gasteiger partial charge in [-0.3, -0.25) is 0 Å². The SMILES string of the molecule is CCC(CC)Nc1nc(N)nc(OC)n1. The monoisotopic (exact) mass is 211 g/mol. The Bertz CT molecular complexity index is 313. The van der Waals surface area contributed by atoms with Gasteiger partial charge in [-0.15, -0.1) is 0 Å². The maximum atomic E-state index is 5.51. The molecule has 6 nitrogen and oxygen atoms in total. The van der Waals surface area contributed by atoms with Crippen molar-refractivity contribution in [3.8, 4) is 6.01 Å². The number of anilines is 2. The highest BCUT2D eigenvalue weighted by Gasteiger charge is 2.08. The Hall–Kier alpha value is -1.59. The third-order valence-electron chi connectivity index (χ3n) is 2.13. The Kier molecular flexibility index (Phi) is 4.08. The highest BCUT2D eigenvalue weighted by molar-refractivity contribution is 5.33. The predicted molar refractivity (Wildman–Crippen MR) is 58.8 cm³/mol. The van der Waals surface area contributed by atoms with Crippen LogP contribution < -0.4 is 15.8 Å². The Balaban J connectivity index is 2.79. The van der Waals surface area contributed by atoms with Gasteiger partial charge in [-0.25, -0.2) is 0 Å². The number of nitrogens with two attached hydrogens (primary N) is 1. The average molecular weight is 211 g/mol. The molecule has 0 spiro atoms. The van der Waals surface area contributed by atoms with Crippen LogP contribution in [0.15, 0.2) is 0 Å². The van der Waals surface area contributed by atoms with Crippen LogP contribution in [-0.2, 0) is 0 Å². The number of nitrogens with one attached hydrogen (secondary N) is 1. The lowest BCUT2D eigenvalue weighted by Crippen LogP contribution is -2.19. The minimum absolute atomic E-state index is 0.162. The number of hydrogen-bond donors (Lipinski definition) is 2. The van der Waals surface area contributed by atoms with Gasteiger partial charge < -0.3 is 15.8 Å². The molecule has 0 saturated carbocycles. The van der Waals surface area contributed by atoms with Gasteiger partial charge in [0.1, 0.15) is 0 Å². The second-order valence-corrected chi connectivity index (χ2v) is 3.16. The first kappa shape index (κ1) is 11.5. The van der Waals surface area contributed by atoms with E-state index in [1.807, 2.05) is 0 Å². The number of aromatic nitrogens is 3. The van der Waals surface area contributed by atoms with E-state index in [9.17, 15) is 0 Å². The number of ether oxygens (including phenoxy) is 1. The lowest BCUT2D eigenvalue weighted by molar-refractivity contribution is 0.379. The summed E-state index contributed by atoms with van der Waals surface area (Å²) in [6, 6.07) is 0.576. The van der Waals surface area contributed by atoms with Crippen LogP contribution in [0.25, 0.3) is 0 Å². The van der Waals surface area contributed by atoms with E-state index in [4.69, 9.17) is 10.5 Å². The van der Waals surface area contributed by atoms with Gasteiger partial charge in [-0.2, -0.15) is 15.0 Å². The van der Waals surface area contributed by atoms with Gasteiger partial charge in [-0.1, -0.05) is 13.8 Å². The average Bonchev–Trinajstić information content (AvgIpc) is 2.25. The smallest absolute Gasteiger partial charge is 0.322 e. The Labute approximate surface area is 89.3 Å². The van der Waals surface area contributed by atoms with Crippen molar-refractivity contribution in [2.75, 3.05) is 18.2 Å². The first-order valence-corrected chi connectivity index (χ1v) is 5.01. The molecule has 0 atom stereocenters. The molecule has 6 heteroatoms. The maximum absolute atomic E-state index is 5.51. The predicted octanol–water partition coefficient (Wildman–Crippen LogP) is 1.06. The van der Waals surface area contributed by atoms with E-state index < -0.39 is 0 Å². The molecule has 0 radical (unpaired) electrons. The number of rotatable bonds is 5. The number of methoxy groups -OCH3 is 1. The van der Waals surface area contributed by atoms with E-state index >= 15 is 0 Å². The summed E-state index contributed by atoms with van der Waals surface area (Å²) in [7, 11) is 1.50. The van der Waals surface area contributed by atoms with Crippen LogP contribution in [-0.4, -0.2) is 28.1 Å². The summed E-state index contributed by atoms with van der Waals surface area (Å²) >= 11 is 0. The molecule has 0 aliphatic heterocycles. The molecule has 0 fully saturated rings. The van der Waals surface area contributed by atoms with Gasteiger partial charge in [0.05, 0.1) is 7.11 Å². The van der Waals surface area contributed by atoms with Gasteiger partial charge in [0, 0.05) is 6.04 Å². The standard InChI is InChI=1S/C9H17N5O/c1-4-6(5-2)11-8-12-7(10)13-9(14-8)15-3/h6H,4-5H2,1-3H3,(H3,10,11,12,13,14). The first-order chi connectivity index (χ1) is 7.19. The fourth-order valence-corrected chi connectivity index (χ4v) is 1.20. The third kappa shape index (κ3) is 3.23. The zero-order valence-corrected chi connectivity index (χ0v) is 9.32. The molecule has 1 aromatic heterocycles. The number of hydrogen-bond acceptors (Lipinski definition) is 6. The van der Waals surface area contributed by atoms with E-state index in [1.165, 1.54) is 7.11 Å². The molecule has 15 heavy (non-hydrogen) atoms. The second-order valence-electron chi connectivity index (χ2n) is 3.16. The van der Waals surface area contributed by atoms with E-state index in [2.05, 4.69) is 34.1 Å². The van der Waals surface area contributed by atoms with Crippen molar-refractivity contribution in [1.29, 1.82) is 0 Å². The summed E-state index contributed by atoms with van der Waals surface area (Å²) in [5.41, 5.74) is 5.51. The molecular formula is C9H17N5O. The summed E-state index contributed by atoms with van der Waals surface area (Å²) < 4.78 is 4.90. The Morgan fingerprint density at radius 2 is 1.93 bits per heavy atom. The first-order valence-electron chi connectivity index (χ1n) is 5.01. The highest BCUT2D eigenvalue weighted by Crippen LogP contribution is 2.11. The normalized spacial score (nSPS) is 10.4. The molecule has 0 aliphatic carbocycles. The van der Waals surface area contributed by atoms with Gasteiger partial charge in [0.15, 0.2) is 0 Å². The topological polar surface area (TPSA) is 86.0 Å². The van der Waals surface area contributed by atoms with Gasteiger partial charge in [0.2, 0.25) is 11.9 Å². The number of nitrogens with zero attached hydrogens (tertiary/aromatic N) is 3. The van der Waals surface area contributed by atoms with E-state index in [0.29, 0.717) is 12.0 Å². The summed E-state index contributed by atoms with van der Waals surface area (Å²) in [5, 5.41) is 3.17. The van der Waals surface area contributed by atoms with E-state index in [1.54, 1.807) is 0 Å². The molecule has 1 heterocycles. The van der Waals surface area contributed by atoms with Crippen molar-refractivity contribution in [1.82, 2.24) is 15.0 Å². The minimum atomic E-state index is 0.162. The zero-order valence-electron chi connectivity index (χ0n) is 9.32.